The van der Waals surface area contributed by atoms with Crippen molar-refractivity contribution in [3.63, 3.8) is 0 Å². The fourth-order valence-electron chi connectivity index (χ4n) is 3.94. The van der Waals surface area contributed by atoms with Gasteiger partial charge in [-0.1, -0.05) is 55.9 Å². The van der Waals surface area contributed by atoms with E-state index in [0.717, 1.165) is 27.7 Å². The van der Waals surface area contributed by atoms with E-state index in [4.69, 9.17) is 28.1 Å². The molecule has 19 heteroatoms. The van der Waals surface area contributed by atoms with Gasteiger partial charge in [0.1, 0.15) is 28.9 Å². The Bertz CT molecular complexity index is 1420. The summed E-state index contributed by atoms with van der Waals surface area (Å²) in [6.07, 6.45) is -5.77. The van der Waals surface area contributed by atoms with E-state index in [1.54, 1.807) is 24.3 Å². The van der Waals surface area contributed by atoms with Crippen molar-refractivity contribution in [1.82, 2.24) is 0 Å². The van der Waals surface area contributed by atoms with Crippen LogP contribution < -0.4 is 55.8 Å². The van der Waals surface area contributed by atoms with Crippen LogP contribution >= 0.6 is 11.8 Å². The van der Waals surface area contributed by atoms with Crippen molar-refractivity contribution in [3.05, 3.63) is 29.8 Å². The number of carbonyl (C=O) groups is 4. The Morgan fingerprint density at radius 2 is 1.45 bits per heavy atom. The van der Waals surface area contributed by atoms with Crippen molar-refractivity contribution < 1.29 is 116 Å². The second-order valence-corrected chi connectivity index (χ2v) is 18.7. The Morgan fingerprint density at radius 1 is 0.915 bits per heavy atom. The van der Waals surface area contributed by atoms with Gasteiger partial charge in [-0.2, -0.15) is 8.42 Å². The van der Waals surface area contributed by atoms with Crippen LogP contribution in [0.4, 0.5) is 0 Å². The van der Waals surface area contributed by atoms with Crippen molar-refractivity contribution >= 4 is 59.4 Å². The number of esters is 4. The number of carbonyl (C=O) groups excluding carboxylic acids is 4. The summed E-state index contributed by atoms with van der Waals surface area (Å²) in [6.45, 7) is 14.2. The third kappa shape index (κ3) is 14.4. The van der Waals surface area contributed by atoms with E-state index in [1.807, 2.05) is 13.1 Å². The van der Waals surface area contributed by atoms with Crippen LogP contribution in [0, 0.1) is 0 Å². The molecule has 1 aromatic carbocycles. The second kappa shape index (κ2) is 18.4. The maximum atomic E-state index is 12.2. The second-order valence-electron chi connectivity index (χ2n) is 11.8. The first-order valence-electron chi connectivity index (χ1n) is 14.0. The van der Waals surface area contributed by atoms with Crippen LogP contribution in [0.3, 0.4) is 0 Å². The first-order chi connectivity index (χ1) is 21.1. The number of oxime groups is 1. The Kier molecular flexibility index (Phi) is 17.1. The molecule has 0 saturated carbocycles. The Hall–Kier alpha value is -1.56. The Balaban J connectivity index is 0.0000110. The first-order valence-corrected chi connectivity index (χ1v) is 19.2. The van der Waals surface area contributed by atoms with Gasteiger partial charge in [-0.25, -0.2) is 0 Å². The molecule has 0 amide bonds. The van der Waals surface area contributed by atoms with E-state index in [9.17, 15) is 32.1 Å². The average molecular weight is 746 g/mol. The van der Waals surface area contributed by atoms with Gasteiger partial charge in [0.15, 0.2) is 18.3 Å². The van der Waals surface area contributed by atoms with Crippen LogP contribution in [0.15, 0.2) is 29.4 Å². The summed E-state index contributed by atoms with van der Waals surface area (Å²) in [5.74, 6) is -2.69. The predicted octanol–water partition coefficient (Wildman–Crippen LogP) is 0.224. The summed E-state index contributed by atoms with van der Waals surface area (Å²) >= 11 is 0.679. The zero-order valence-electron chi connectivity index (χ0n) is 28.1. The number of hydrogen-bond acceptors (Lipinski definition) is 16. The number of hydrogen-bond donors (Lipinski definition) is 0. The minimum atomic E-state index is -5.31. The van der Waals surface area contributed by atoms with Crippen LogP contribution in [0.2, 0.25) is 18.1 Å². The zero-order chi connectivity index (χ0) is 35.0. The SMILES string of the molecule is CC(=O)OC[C@H]1O[C@@H](S/C(Cc2ccccc2O[Si](C)(C)C(C)(C)C)=N/OS(=O)(=O)[O-])[C@H](OC(C)=O)[C@@H](OC(C)=O)[C@@H]1OC(C)=O.[K+]. The van der Waals surface area contributed by atoms with Gasteiger partial charge in [-0.15, -0.1) is 0 Å². The van der Waals surface area contributed by atoms with E-state index in [-0.39, 0.29) is 67.9 Å². The van der Waals surface area contributed by atoms with Crippen LogP contribution in [-0.4, -0.2) is 86.7 Å². The van der Waals surface area contributed by atoms with Gasteiger partial charge in [0, 0.05) is 34.1 Å². The summed E-state index contributed by atoms with van der Waals surface area (Å²) in [4.78, 5) is 48.0. The molecule has 5 atom stereocenters. The van der Waals surface area contributed by atoms with Crippen molar-refractivity contribution in [3.8, 4) is 5.75 Å². The molecule has 1 saturated heterocycles. The fourth-order valence-corrected chi connectivity index (χ4v) is 6.35. The molecule has 1 aliphatic heterocycles. The summed E-state index contributed by atoms with van der Waals surface area (Å²) in [5, 5.41) is 3.26. The van der Waals surface area contributed by atoms with Crippen LogP contribution in [0.5, 0.6) is 5.75 Å². The molecule has 0 N–H and O–H groups in total. The molecule has 47 heavy (non-hydrogen) atoms. The first kappa shape index (κ1) is 43.5. The third-order valence-electron chi connectivity index (χ3n) is 6.92. The monoisotopic (exact) mass is 745 g/mol. The summed E-state index contributed by atoms with van der Waals surface area (Å²) in [5.41, 5.74) is -0.818. The molecule has 1 aromatic rings. The van der Waals surface area contributed by atoms with Crippen LogP contribution in [0.25, 0.3) is 0 Å². The molecule has 0 spiro atoms. The van der Waals surface area contributed by atoms with E-state index in [1.165, 1.54) is 0 Å². The number of rotatable bonds is 12. The average Bonchev–Trinajstić information content (AvgIpc) is 2.88. The molecule has 0 radical (unpaired) electrons. The van der Waals surface area contributed by atoms with E-state index in [0.29, 0.717) is 23.1 Å². The third-order valence-corrected chi connectivity index (χ3v) is 12.6. The topological polar surface area (TPSA) is 202 Å². The molecule has 0 aliphatic carbocycles. The number of ether oxygens (including phenoxy) is 5. The number of benzene rings is 1. The van der Waals surface area contributed by atoms with Crippen LogP contribution in [0.1, 0.15) is 54.0 Å². The number of para-hydroxylation sites is 1. The molecule has 0 aromatic heterocycles. The molecular formula is C28H40KNO14S2Si. The molecule has 15 nitrogen and oxygen atoms in total. The van der Waals surface area contributed by atoms with Crippen molar-refractivity contribution in [2.75, 3.05) is 6.61 Å². The zero-order valence-corrected chi connectivity index (χ0v) is 33.8. The maximum Gasteiger partial charge on any atom is 1.00 e. The van der Waals surface area contributed by atoms with E-state index < -0.39 is 79.1 Å². The van der Waals surface area contributed by atoms with Gasteiger partial charge in [-0.05, 0) is 29.8 Å². The molecule has 258 valence electrons. The largest absolute Gasteiger partial charge is 1.00 e. The normalized spacial score (nSPS) is 21.8. The van der Waals surface area contributed by atoms with E-state index >= 15 is 0 Å². The molecule has 1 fully saturated rings. The summed E-state index contributed by atoms with van der Waals surface area (Å²) in [6, 6.07) is 6.92. The van der Waals surface area contributed by atoms with Crippen molar-refractivity contribution in [1.29, 1.82) is 0 Å². The van der Waals surface area contributed by atoms with Gasteiger partial charge >= 0.3 is 75.3 Å². The number of nitrogens with zero attached hydrogens (tertiary/aromatic N) is 1. The van der Waals surface area contributed by atoms with Gasteiger partial charge < -0.3 is 32.7 Å². The van der Waals surface area contributed by atoms with Crippen molar-refractivity contribution in [2.45, 2.75) is 103 Å². The summed E-state index contributed by atoms with van der Waals surface area (Å²) in [7, 11) is -7.67. The molecule has 0 bridgehead atoms. The Morgan fingerprint density at radius 3 is 1.96 bits per heavy atom. The van der Waals surface area contributed by atoms with Gasteiger partial charge in [0.05, 0.1) is 0 Å². The number of thioether (sulfide) groups is 1. The van der Waals surface area contributed by atoms with Crippen molar-refractivity contribution in [2.24, 2.45) is 5.16 Å². The minimum Gasteiger partial charge on any atom is -0.714 e. The van der Waals surface area contributed by atoms with Gasteiger partial charge in [-0.3, -0.25) is 23.5 Å². The van der Waals surface area contributed by atoms with Gasteiger partial charge in [0.25, 0.3) is 10.4 Å². The van der Waals surface area contributed by atoms with Gasteiger partial charge in [0.2, 0.25) is 8.32 Å². The molecular weight excluding hydrogens is 706 g/mol. The van der Waals surface area contributed by atoms with E-state index in [2.05, 4.69) is 30.2 Å². The van der Waals surface area contributed by atoms with Crippen LogP contribution in [-0.2, 0) is 64.0 Å². The predicted molar refractivity (Wildman–Crippen MR) is 166 cm³/mol. The molecule has 0 unspecified atom stereocenters. The Labute approximate surface area is 322 Å². The standard InChI is InChI=1S/C28H41NO14S2Si.K/c1-16(30)37-15-22-24(38-17(2)31)25(39-18(3)32)26(40-19(4)33)27(41-22)44-23(29-43-45(34,35)36)14-20-12-10-11-13-21(20)42-46(8,9)28(5,6)7;/h10-13,22,24-27H,14-15H2,1-9H3,(H,34,35,36);/q;+1/p-1/b29-23+;/t22-,24-,25+,26-,27+;/m1./s1. The molecule has 1 heterocycles. The summed E-state index contributed by atoms with van der Waals surface area (Å²) < 4.78 is 72.4. The molecule has 1 aliphatic rings. The minimum absolute atomic E-state index is 0. The fraction of sp³-hybridized carbons (Fsp3) is 0.607. The maximum absolute atomic E-state index is 12.2. The smallest absolute Gasteiger partial charge is 0.714 e. The quantitative estimate of drug-likeness (QED) is 0.0411. The molecule has 2 rings (SSSR count).